The molecular weight excluding hydrogens is 266 g/mol. The van der Waals surface area contributed by atoms with E-state index in [0.29, 0.717) is 6.54 Å². The molecular formula is C16H21N3O2. The molecule has 2 aliphatic rings. The molecule has 1 saturated carbocycles. The number of piperazine rings is 1. The Hall–Kier alpha value is -1.91. The first-order valence-corrected chi connectivity index (χ1v) is 7.46. The molecule has 112 valence electrons. The van der Waals surface area contributed by atoms with E-state index in [4.69, 9.17) is 0 Å². The van der Waals surface area contributed by atoms with Crippen LogP contribution < -0.4 is 5.32 Å². The summed E-state index contributed by atoms with van der Waals surface area (Å²) < 4.78 is 0. The standard InChI is InChI=1S/C16H21N3O2/c1-10-8-17-7-6-12(10)9-19-11(2)14(20)18-16(3,15(19)21)13-4-5-13/h6-8,11,13H,4-5,9H2,1-3H3,(H,18,20). The van der Waals surface area contributed by atoms with Crippen molar-refractivity contribution in [3.05, 3.63) is 29.6 Å². The lowest BCUT2D eigenvalue weighted by atomic mass is 9.89. The van der Waals surface area contributed by atoms with Crippen molar-refractivity contribution in [3.8, 4) is 0 Å². The Morgan fingerprint density at radius 1 is 1.43 bits per heavy atom. The van der Waals surface area contributed by atoms with Crippen LogP contribution in [-0.2, 0) is 16.1 Å². The maximum atomic E-state index is 12.9. The molecule has 21 heavy (non-hydrogen) atoms. The van der Waals surface area contributed by atoms with Crippen LogP contribution >= 0.6 is 0 Å². The van der Waals surface area contributed by atoms with Gasteiger partial charge >= 0.3 is 0 Å². The molecule has 5 heteroatoms. The van der Waals surface area contributed by atoms with Gasteiger partial charge in [0.15, 0.2) is 0 Å². The molecule has 2 amide bonds. The minimum absolute atomic E-state index is 0.0355. The normalized spacial score (nSPS) is 29.5. The lowest BCUT2D eigenvalue weighted by Gasteiger charge is -2.43. The van der Waals surface area contributed by atoms with Crippen molar-refractivity contribution in [2.45, 2.75) is 51.7 Å². The minimum atomic E-state index is -0.732. The Labute approximate surface area is 124 Å². The second-order valence-electron chi connectivity index (χ2n) is 6.38. The summed E-state index contributed by atoms with van der Waals surface area (Å²) in [5, 5.41) is 2.94. The lowest BCUT2D eigenvalue weighted by molar-refractivity contribution is -0.155. The van der Waals surface area contributed by atoms with Gasteiger partial charge in [0.2, 0.25) is 11.8 Å². The van der Waals surface area contributed by atoms with Crippen molar-refractivity contribution in [2.75, 3.05) is 0 Å². The van der Waals surface area contributed by atoms with E-state index in [0.717, 1.165) is 24.0 Å². The van der Waals surface area contributed by atoms with Crippen LogP contribution in [-0.4, -0.2) is 33.3 Å². The summed E-state index contributed by atoms with van der Waals surface area (Å²) in [5.74, 6) is 0.256. The van der Waals surface area contributed by atoms with Crippen molar-refractivity contribution in [3.63, 3.8) is 0 Å². The quantitative estimate of drug-likeness (QED) is 0.914. The predicted octanol–water partition coefficient (Wildman–Crippen LogP) is 1.41. The molecule has 1 aliphatic heterocycles. The van der Waals surface area contributed by atoms with Crippen LogP contribution in [0.25, 0.3) is 0 Å². The maximum absolute atomic E-state index is 12.9. The lowest BCUT2D eigenvalue weighted by Crippen LogP contribution is -2.69. The van der Waals surface area contributed by atoms with Gasteiger partial charge in [0, 0.05) is 18.9 Å². The summed E-state index contributed by atoms with van der Waals surface area (Å²) >= 11 is 0. The smallest absolute Gasteiger partial charge is 0.249 e. The Balaban J connectivity index is 1.90. The van der Waals surface area contributed by atoms with Crippen molar-refractivity contribution in [1.29, 1.82) is 0 Å². The number of hydrogen-bond acceptors (Lipinski definition) is 3. The zero-order valence-electron chi connectivity index (χ0n) is 12.7. The SMILES string of the molecule is Cc1cnccc1CN1C(=O)C(C)(C2CC2)NC(=O)C1C. The van der Waals surface area contributed by atoms with Crippen LogP contribution in [0.1, 0.15) is 37.8 Å². The summed E-state index contributed by atoms with van der Waals surface area (Å²) in [6.07, 6.45) is 5.54. The van der Waals surface area contributed by atoms with Gasteiger partial charge in [0.25, 0.3) is 0 Å². The van der Waals surface area contributed by atoms with Gasteiger partial charge in [-0.15, -0.1) is 0 Å². The number of hydrogen-bond donors (Lipinski definition) is 1. The Morgan fingerprint density at radius 3 is 2.76 bits per heavy atom. The van der Waals surface area contributed by atoms with E-state index in [2.05, 4.69) is 10.3 Å². The molecule has 0 aromatic carbocycles. The van der Waals surface area contributed by atoms with Gasteiger partial charge in [-0.3, -0.25) is 14.6 Å². The van der Waals surface area contributed by atoms with Crippen molar-refractivity contribution < 1.29 is 9.59 Å². The highest BCUT2D eigenvalue weighted by atomic mass is 16.2. The summed E-state index contributed by atoms with van der Waals surface area (Å²) in [7, 11) is 0. The summed E-state index contributed by atoms with van der Waals surface area (Å²) in [6.45, 7) is 6.09. The second-order valence-corrected chi connectivity index (χ2v) is 6.38. The second kappa shape index (κ2) is 4.83. The van der Waals surface area contributed by atoms with Gasteiger partial charge in [-0.25, -0.2) is 0 Å². The molecule has 0 radical (unpaired) electrons. The number of nitrogens with zero attached hydrogens (tertiary/aromatic N) is 2. The molecule has 0 bridgehead atoms. The van der Waals surface area contributed by atoms with Crippen LogP contribution in [0.3, 0.4) is 0 Å². The number of aromatic nitrogens is 1. The number of carbonyl (C=O) groups excluding carboxylic acids is 2. The van der Waals surface area contributed by atoms with Crippen LogP contribution in [0.4, 0.5) is 0 Å². The first-order valence-electron chi connectivity index (χ1n) is 7.46. The fourth-order valence-electron chi connectivity index (χ4n) is 3.04. The van der Waals surface area contributed by atoms with E-state index in [1.807, 2.05) is 19.9 Å². The molecule has 2 fully saturated rings. The molecule has 0 spiro atoms. The number of pyridine rings is 1. The molecule has 1 N–H and O–H groups in total. The molecule has 1 saturated heterocycles. The highest BCUT2D eigenvalue weighted by Crippen LogP contribution is 2.42. The number of rotatable bonds is 3. The number of nitrogens with one attached hydrogen (secondary N) is 1. The molecule has 1 aliphatic carbocycles. The highest BCUT2D eigenvalue weighted by Gasteiger charge is 2.54. The van der Waals surface area contributed by atoms with E-state index >= 15 is 0 Å². The number of aryl methyl sites for hydroxylation is 1. The van der Waals surface area contributed by atoms with Gasteiger partial charge in [0.1, 0.15) is 11.6 Å². The van der Waals surface area contributed by atoms with Crippen molar-refractivity contribution in [2.24, 2.45) is 5.92 Å². The first-order chi connectivity index (χ1) is 9.93. The number of amides is 2. The third kappa shape index (κ3) is 2.30. The van der Waals surface area contributed by atoms with E-state index in [-0.39, 0.29) is 17.7 Å². The molecule has 2 atom stereocenters. The fourth-order valence-corrected chi connectivity index (χ4v) is 3.04. The van der Waals surface area contributed by atoms with E-state index in [9.17, 15) is 9.59 Å². The van der Waals surface area contributed by atoms with E-state index in [1.165, 1.54) is 0 Å². The third-order valence-corrected chi connectivity index (χ3v) is 4.81. The largest absolute Gasteiger partial charge is 0.340 e. The maximum Gasteiger partial charge on any atom is 0.249 e. The molecule has 1 aromatic rings. The van der Waals surface area contributed by atoms with Crippen LogP contribution in [0.2, 0.25) is 0 Å². The summed E-state index contributed by atoms with van der Waals surface area (Å²) in [6, 6.07) is 1.48. The van der Waals surface area contributed by atoms with Crippen LogP contribution in [0, 0.1) is 12.8 Å². The molecule has 2 unspecified atom stereocenters. The first kappa shape index (κ1) is 14.0. The monoisotopic (exact) mass is 287 g/mol. The topological polar surface area (TPSA) is 62.3 Å². The molecule has 5 nitrogen and oxygen atoms in total. The molecule has 1 aromatic heterocycles. The van der Waals surface area contributed by atoms with Gasteiger partial charge in [-0.05, 0) is 56.7 Å². The zero-order valence-corrected chi connectivity index (χ0v) is 12.7. The Bertz CT molecular complexity index is 597. The van der Waals surface area contributed by atoms with Gasteiger partial charge in [-0.1, -0.05) is 0 Å². The average Bonchev–Trinajstić information content (AvgIpc) is 3.28. The summed E-state index contributed by atoms with van der Waals surface area (Å²) in [4.78, 5) is 30.9. The minimum Gasteiger partial charge on any atom is -0.340 e. The molecule has 3 rings (SSSR count). The van der Waals surface area contributed by atoms with Crippen molar-refractivity contribution >= 4 is 11.8 Å². The van der Waals surface area contributed by atoms with E-state index < -0.39 is 11.6 Å². The van der Waals surface area contributed by atoms with Gasteiger partial charge in [0.05, 0.1) is 0 Å². The van der Waals surface area contributed by atoms with E-state index in [1.54, 1.807) is 24.2 Å². The fraction of sp³-hybridized carbons (Fsp3) is 0.562. The third-order valence-electron chi connectivity index (χ3n) is 4.81. The zero-order chi connectivity index (χ0) is 15.2. The van der Waals surface area contributed by atoms with Crippen LogP contribution in [0.15, 0.2) is 18.5 Å². The van der Waals surface area contributed by atoms with Gasteiger partial charge in [-0.2, -0.15) is 0 Å². The van der Waals surface area contributed by atoms with Gasteiger partial charge < -0.3 is 10.2 Å². The predicted molar refractivity (Wildman–Crippen MR) is 78.3 cm³/mol. The molecule has 2 heterocycles. The van der Waals surface area contributed by atoms with Crippen molar-refractivity contribution in [1.82, 2.24) is 15.2 Å². The Kier molecular flexibility index (Phi) is 3.23. The Morgan fingerprint density at radius 2 is 2.14 bits per heavy atom. The summed E-state index contributed by atoms with van der Waals surface area (Å²) in [5.41, 5.74) is 1.35. The van der Waals surface area contributed by atoms with Crippen LogP contribution in [0.5, 0.6) is 0 Å². The average molecular weight is 287 g/mol. The number of carbonyl (C=O) groups is 2. The highest BCUT2D eigenvalue weighted by molar-refractivity contribution is 5.99.